The fraction of sp³-hybridized carbons (Fsp3) is 0.273. The quantitative estimate of drug-likeness (QED) is 0.468. The molecule has 0 amide bonds. The summed E-state index contributed by atoms with van der Waals surface area (Å²) in [6, 6.07) is 6.24. The Morgan fingerprint density at radius 3 is 2.33 bits per heavy atom. The third kappa shape index (κ3) is 2.12. The fourth-order valence-electron chi connectivity index (χ4n) is 1.13. The normalized spacial score (nSPS) is 8.92. The van der Waals surface area contributed by atoms with Crippen LogP contribution in [0.3, 0.4) is 0 Å². The van der Waals surface area contributed by atoms with Gasteiger partial charge in [0, 0.05) is 5.56 Å². The highest BCUT2D eigenvalue weighted by Gasteiger charge is 1.96. The molecule has 0 N–H and O–H groups in total. The highest BCUT2D eigenvalue weighted by Crippen LogP contribution is 2.11. The molecule has 1 rings (SSSR count). The third-order valence-electron chi connectivity index (χ3n) is 1.76. The molecular formula is C11H11Br. The summed E-state index contributed by atoms with van der Waals surface area (Å²) in [5, 5.41) is 0.737. The summed E-state index contributed by atoms with van der Waals surface area (Å²) in [4.78, 5) is 0. The molecule has 0 nitrogen and oxygen atoms in total. The van der Waals surface area contributed by atoms with E-state index in [1.165, 1.54) is 11.1 Å². The maximum Gasteiger partial charge on any atom is 0.0649 e. The molecule has 12 heavy (non-hydrogen) atoms. The minimum absolute atomic E-state index is 0.737. The van der Waals surface area contributed by atoms with Crippen LogP contribution >= 0.6 is 15.9 Å². The van der Waals surface area contributed by atoms with Crippen molar-refractivity contribution in [3.63, 3.8) is 0 Å². The van der Waals surface area contributed by atoms with Crippen molar-refractivity contribution in [1.29, 1.82) is 0 Å². The molecule has 0 saturated carbocycles. The number of hydrogen-bond donors (Lipinski definition) is 0. The Hall–Kier alpha value is -0.740. The maximum absolute atomic E-state index is 3.28. The van der Waals surface area contributed by atoms with E-state index in [-0.39, 0.29) is 0 Å². The van der Waals surface area contributed by atoms with Crippen LogP contribution < -0.4 is 0 Å². The summed E-state index contributed by atoms with van der Waals surface area (Å²) >= 11 is 3.28. The van der Waals surface area contributed by atoms with Gasteiger partial charge in [-0.05, 0) is 25.0 Å². The Kier molecular flexibility index (Phi) is 3.37. The molecule has 1 aromatic carbocycles. The van der Waals surface area contributed by atoms with Gasteiger partial charge in [0.15, 0.2) is 0 Å². The van der Waals surface area contributed by atoms with E-state index in [1.807, 2.05) is 0 Å². The van der Waals surface area contributed by atoms with E-state index in [2.05, 4.69) is 59.8 Å². The van der Waals surface area contributed by atoms with Crippen LogP contribution in [-0.2, 0) is 0 Å². The smallest absolute Gasteiger partial charge is 0.0649 e. The Balaban J connectivity index is 3.13. The van der Waals surface area contributed by atoms with Crippen molar-refractivity contribution < 1.29 is 0 Å². The number of halogens is 1. The minimum Gasteiger partial charge on any atom is -0.0863 e. The molecule has 0 unspecified atom stereocenters. The fourth-order valence-corrected chi connectivity index (χ4v) is 1.27. The SMILES string of the molecule is Cc1cccc(C)c1C#CCBr. The average Bonchev–Trinajstić information content (AvgIpc) is 2.04. The zero-order valence-corrected chi connectivity index (χ0v) is 8.90. The molecule has 0 heterocycles. The lowest BCUT2D eigenvalue weighted by molar-refractivity contribution is 1.35. The Bertz CT molecular complexity index is 308. The van der Waals surface area contributed by atoms with Crippen LogP contribution in [0.15, 0.2) is 18.2 Å². The number of aryl methyl sites for hydroxylation is 2. The van der Waals surface area contributed by atoms with E-state index in [4.69, 9.17) is 0 Å². The maximum atomic E-state index is 3.28. The molecule has 1 aromatic rings. The van der Waals surface area contributed by atoms with Gasteiger partial charge in [0.25, 0.3) is 0 Å². The van der Waals surface area contributed by atoms with Crippen LogP contribution in [0.2, 0.25) is 0 Å². The molecule has 0 aliphatic carbocycles. The van der Waals surface area contributed by atoms with Crippen molar-refractivity contribution in [1.82, 2.24) is 0 Å². The molecule has 0 saturated heterocycles. The molecule has 1 heteroatoms. The first-order valence-corrected chi connectivity index (χ1v) is 4.99. The van der Waals surface area contributed by atoms with Gasteiger partial charge in [-0.25, -0.2) is 0 Å². The highest BCUT2D eigenvalue weighted by molar-refractivity contribution is 9.09. The second-order valence-corrected chi connectivity index (χ2v) is 3.26. The molecule has 0 aliphatic rings. The van der Waals surface area contributed by atoms with E-state index in [0.717, 1.165) is 10.9 Å². The van der Waals surface area contributed by atoms with Crippen molar-refractivity contribution >= 4 is 15.9 Å². The second-order valence-electron chi connectivity index (χ2n) is 2.70. The van der Waals surface area contributed by atoms with Crippen LogP contribution in [0.25, 0.3) is 0 Å². The topological polar surface area (TPSA) is 0 Å². The van der Waals surface area contributed by atoms with Crippen LogP contribution in [-0.4, -0.2) is 5.33 Å². The monoisotopic (exact) mass is 222 g/mol. The minimum atomic E-state index is 0.737. The second kappa shape index (κ2) is 4.33. The zero-order valence-electron chi connectivity index (χ0n) is 7.32. The average molecular weight is 223 g/mol. The van der Waals surface area contributed by atoms with Gasteiger partial charge in [-0.1, -0.05) is 46.0 Å². The van der Waals surface area contributed by atoms with Crippen molar-refractivity contribution in [2.75, 3.05) is 5.33 Å². The molecule has 0 atom stereocenters. The van der Waals surface area contributed by atoms with E-state index in [1.54, 1.807) is 0 Å². The van der Waals surface area contributed by atoms with Crippen LogP contribution in [0, 0.1) is 25.7 Å². The predicted octanol–water partition coefficient (Wildman–Crippen LogP) is 3.05. The van der Waals surface area contributed by atoms with E-state index < -0.39 is 0 Å². The first-order valence-electron chi connectivity index (χ1n) is 3.86. The van der Waals surface area contributed by atoms with Crippen LogP contribution in [0.1, 0.15) is 16.7 Å². The Morgan fingerprint density at radius 1 is 1.25 bits per heavy atom. The van der Waals surface area contributed by atoms with Gasteiger partial charge in [0.1, 0.15) is 0 Å². The van der Waals surface area contributed by atoms with Gasteiger partial charge in [0.2, 0.25) is 0 Å². The summed E-state index contributed by atoms with van der Waals surface area (Å²) in [5.41, 5.74) is 3.67. The molecular weight excluding hydrogens is 212 g/mol. The predicted molar refractivity (Wildman–Crippen MR) is 56.6 cm³/mol. The third-order valence-corrected chi connectivity index (χ3v) is 2.04. The lowest BCUT2D eigenvalue weighted by atomic mass is 10.0. The first kappa shape index (κ1) is 9.35. The summed E-state index contributed by atoms with van der Waals surface area (Å²) in [6.07, 6.45) is 0. The number of benzene rings is 1. The molecule has 62 valence electrons. The molecule has 0 fully saturated rings. The lowest BCUT2D eigenvalue weighted by Gasteiger charge is -2.00. The Morgan fingerprint density at radius 2 is 1.83 bits per heavy atom. The van der Waals surface area contributed by atoms with Crippen molar-refractivity contribution in [2.24, 2.45) is 0 Å². The van der Waals surface area contributed by atoms with Crippen LogP contribution in [0.4, 0.5) is 0 Å². The van der Waals surface area contributed by atoms with Gasteiger partial charge in [-0.3, -0.25) is 0 Å². The molecule has 0 aromatic heterocycles. The number of hydrogen-bond acceptors (Lipinski definition) is 0. The molecule has 0 radical (unpaired) electrons. The lowest BCUT2D eigenvalue weighted by Crippen LogP contribution is -1.86. The number of rotatable bonds is 0. The van der Waals surface area contributed by atoms with Crippen molar-refractivity contribution in [3.8, 4) is 11.8 Å². The van der Waals surface area contributed by atoms with Crippen molar-refractivity contribution in [3.05, 3.63) is 34.9 Å². The molecule has 0 aliphatic heterocycles. The van der Waals surface area contributed by atoms with E-state index >= 15 is 0 Å². The molecule has 0 spiro atoms. The van der Waals surface area contributed by atoms with Gasteiger partial charge < -0.3 is 0 Å². The summed E-state index contributed by atoms with van der Waals surface area (Å²) in [6.45, 7) is 4.18. The first-order chi connectivity index (χ1) is 5.75. The Labute approximate surface area is 82.1 Å². The van der Waals surface area contributed by atoms with Crippen molar-refractivity contribution in [2.45, 2.75) is 13.8 Å². The van der Waals surface area contributed by atoms with Gasteiger partial charge >= 0.3 is 0 Å². The van der Waals surface area contributed by atoms with Crippen LogP contribution in [0.5, 0.6) is 0 Å². The van der Waals surface area contributed by atoms with Gasteiger partial charge in [-0.15, -0.1) is 0 Å². The summed E-state index contributed by atoms with van der Waals surface area (Å²) in [5.74, 6) is 6.15. The van der Waals surface area contributed by atoms with E-state index in [0.29, 0.717) is 0 Å². The summed E-state index contributed by atoms with van der Waals surface area (Å²) < 4.78 is 0. The van der Waals surface area contributed by atoms with E-state index in [9.17, 15) is 0 Å². The van der Waals surface area contributed by atoms with Gasteiger partial charge in [0.05, 0.1) is 5.33 Å². The van der Waals surface area contributed by atoms with Gasteiger partial charge in [-0.2, -0.15) is 0 Å². The summed E-state index contributed by atoms with van der Waals surface area (Å²) in [7, 11) is 0. The largest absolute Gasteiger partial charge is 0.0863 e. The standard InChI is InChI=1S/C11H11Br/c1-9-5-3-6-10(2)11(9)7-4-8-12/h3,5-6H,8H2,1-2H3. The number of alkyl halides is 1. The molecule has 0 bridgehead atoms. The highest BCUT2D eigenvalue weighted by atomic mass is 79.9. The zero-order chi connectivity index (χ0) is 8.97.